The molecule has 7 heteroatoms. The van der Waals surface area contributed by atoms with Crippen LogP contribution in [0.4, 0.5) is 5.69 Å². The number of hydrogen-bond acceptors (Lipinski definition) is 4. The van der Waals surface area contributed by atoms with E-state index in [4.69, 9.17) is 4.74 Å². The van der Waals surface area contributed by atoms with Gasteiger partial charge in [0.05, 0.1) is 12.6 Å². The van der Waals surface area contributed by atoms with Crippen LogP contribution in [-0.2, 0) is 24.3 Å². The maximum atomic E-state index is 12.8. The van der Waals surface area contributed by atoms with Crippen molar-refractivity contribution in [2.45, 2.75) is 32.9 Å². The monoisotopic (exact) mass is 352 g/mol. The second-order valence-corrected chi connectivity index (χ2v) is 6.47. The average Bonchev–Trinajstić information content (AvgIpc) is 3.20. The molecule has 0 radical (unpaired) electrons. The number of carbonyl (C=O) groups is 1. The molecule has 2 aromatic heterocycles. The number of aromatic nitrogens is 3. The van der Waals surface area contributed by atoms with Crippen LogP contribution >= 0.6 is 0 Å². The van der Waals surface area contributed by atoms with Crippen molar-refractivity contribution in [3.63, 3.8) is 0 Å². The molecule has 0 fully saturated rings. The van der Waals surface area contributed by atoms with Crippen LogP contribution in [0.15, 0.2) is 35.1 Å². The van der Waals surface area contributed by atoms with Crippen molar-refractivity contribution in [3.05, 3.63) is 52.2 Å². The molecule has 0 saturated heterocycles. The molecule has 3 heterocycles. The Morgan fingerprint density at radius 3 is 3.00 bits per heavy atom. The van der Waals surface area contributed by atoms with Gasteiger partial charge in [-0.05, 0) is 31.5 Å². The normalized spacial score (nSPS) is 13.0. The smallest absolute Gasteiger partial charge is 0.278 e. The molecule has 1 aliphatic heterocycles. The van der Waals surface area contributed by atoms with Gasteiger partial charge >= 0.3 is 0 Å². The quantitative estimate of drug-likeness (QED) is 0.780. The summed E-state index contributed by atoms with van der Waals surface area (Å²) in [6.45, 7) is 2.63. The lowest BCUT2D eigenvalue weighted by atomic mass is 10.3. The van der Waals surface area contributed by atoms with Gasteiger partial charge in [0, 0.05) is 30.4 Å². The highest BCUT2D eigenvalue weighted by Gasteiger charge is 2.20. The number of aryl methyl sites for hydroxylation is 2. The van der Waals surface area contributed by atoms with E-state index in [1.54, 1.807) is 28.4 Å². The Balaban J connectivity index is 1.65. The van der Waals surface area contributed by atoms with Gasteiger partial charge in [-0.3, -0.25) is 14.2 Å². The number of nitrogens with one attached hydrogen (secondary N) is 1. The van der Waals surface area contributed by atoms with Gasteiger partial charge in [0.1, 0.15) is 23.6 Å². The average molecular weight is 352 g/mol. The largest absolute Gasteiger partial charge is 0.497 e. The molecular formula is C19H20N4O3. The van der Waals surface area contributed by atoms with Gasteiger partial charge in [0.25, 0.3) is 5.56 Å². The van der Waals surface area contributed by atoms with Crippen molar-refractivity contribution in [1.29, 1.82) is 0 Å². The summed E-state index contributed by atoms with van der Waals surface area (Å²) in [5, 5.41) is 2.85. The third-order valence-corrected chi connectivity index (χ3v) is 4.73. The van der Waals surface area contributed by atoms with Gasteiger partial charge < -0.3 is 14.6 Å². The Kier molecular flexibility index (Phi) is 3.99. The molecule has 0 spiro atoms. The predicted molar refractivity (Wildman–Crippen MR) is 98.7 cm³/mol. The molecular weight excluding hydrogens is 332 g/mol. The molecule has 0 bridgehead atoms. The van der Waals surface area contributed by atoms with Crippen LogP contribution in [0.3, 0.4) is 0 Å². The number of rotatable bonds is 4. The molecule has 7 nitrogen and oxygen atoms in total. The summed E-state index contributed by atoms with van der Waals surface area (Å²) in [5.41, 5.74) is 2.59. The van der Waals surface area contributed by atoms with Crippen molar-refractivity contribution >= 4 is 22.6 Å². The lowest BCUT2D eigenvalue weighted by molar-refractivity contribution is -0.116. The summed E-state index contributed by atoms with van der Waals surface area (Å²) in [4.78, 5) is 30.0. The van der Waals surface area contributed by atoms with Crippen molar-refractivity contribution in [2.24, 2.45) is 0 Å². The number of hydrogen-bond donors (Lipinski definition) is 1. The molecule has 0 unspecified atom stereocenters. The summed E-state index contributed by atoms with van der Waals surface area (Å²) in [7, 11) is 1.58. The van der Waals surface area contributed by atoms with Crippen LogP contribution in [0.2, 0.25) is 0 Å². The summed E-state index contributed by atoms with van der Waals surface area (Å²) in [6, 6.07) is 9.04. The molecule has 26 heavy (non-hydrogen) atoms. The number of benzene rings is 1. The van der Waals surface area contributed by atoms with Crippen molar-refractivity contribution in [2.75, 3.05) is 12.4 Å². The highest BCUT2D eigenvalue weighted by Crippen LogP contribution is 2.20. The number of carbonyl (C=O) groups excluding carboxylic acids is 1. The molecule has 0 aliphatic carbocycles. The van der Waals surface area contributed by atoms with E-state index in [1.807, 2.05) is 25.1 Å². The first-order chi connectivity index (χ1) is 12.6. The Hall–Kier alpha value is -3.09. The van der Waals surface area contributed by atoms with Crippen LogP contribution < -0.4 is 15.6 Å². The van der Waals surface area contributed by atoms with Gasteiger partial charge in [-0.2, -0.15) is 0 Å². The topological polar surface area (TPSA) is 78.2 Å². The number of anilines is 1. The maximum absolute atomic E-state index is 12.8. The number of fused-ring (bicyclic) bond motifs is 2. The number of amides is 1. The van der Waals surface area contributed by atoms with Crippen LogP contribution in [0.5, 0.6) is 5.75 Å². The van der Waals surface area contributed by atoms with Gasteiger partial charge in [0.15, 0.2) is 0 Å². The fraction of sp³-hybridized carbons (Fsp3) is 0.316. The van der Waals surface area contributed by atoms with E-state index in [-0.39, 0.29) is 18.0 Å². The van der Waals surface area contributed by atoms with E-state index in [9.17, 15) is 9.59 Å². The van der Waals surface area contributed by atoms with Gasteiger partial charge in [-0.25, -0.2) is 4.98 Å². The van der Waals surface area contributed by atoms with E-state index >= 15 is 0 Å². The predicted octanol–water partition coefficient (Wildman–Crippen LogP) is 2.10. The molecule has 1 aromatic carbocycles. The first-order valence-corrected chi connectivity index (χ1v) is 8.60. The zero-order valence-corrected chi connectivity index (χ0v) is 14.8. The Bertz CT molecular complexity index is 1060. The van der Waals surface area contributed by atoms with Crippen molar-refractivity contribution in [1.82, 2.24) is 14.1 Å². The van der Waals surface area contributed by atoms with E-state index in [0.717, 1.165) is 24.4 Å². The van der Waals surface area contributed by atoms with Gasteiger partial charge in [0.2, 0.25) is 5.91 Å². The van der Waals surface area contributed by atoms with Crippen molar-refractivity contribution < 1.29 is 9.53 Å². The van der Waals surface area contributed by atoms with Crippen LogP contribution in [0, 0.1) is 6.92 Å². The summed E-state index contributed by atoms with van der Waals surface area (Å²) < 4.78 is 8.63. The van der Waals surface area contributed by atoms with Gasteiger partial charge in [-0.15, -0.1) is 0 Å². The van der Waals surface area contributed by atoms with Crippen LogP contribution in [0.25, 0.3) is 11.0 Å². The van der Waals surface area contributed by atoms with Gasteiger partial charge in [-0.1, -0.05) is 6.07 Å². The standard InChI is InChI=1S/C19H20N4O3/c1-12-9-15-18(19(25)22-8-4-7-16(22)21-15)23(12)11-17(24)20-13-5-3-6-14(10-13)26-2/h3,5-6,9-10H,4,7-8,11H2,1-2H3,(H,20,24). The molecule has 4 rings (SSSR count). The first-order valence-electron chi connectivity index (χ1n) is 8.60. The minimum Gasteiger partial charge on any atom is -0.497 e. The Morgan fingerprint density at radius 2 is 2.19 bits per heavy atom. The maximum Gasteiger partial charge on any atom is 0.278 e. The SMILES string of the molecule is COc1cccc(NC(=O)Cn2c(C)cc3nc4n(c(=O)c32)CCC4)c1. The fourth-order valence-corrected chi connectivity index (χ4v) is 3.48. The minimum absolute atomic E-state index is 0.0583. The number of ether oxygens (including phenoxy) is 1. The van der Waals surface area contributed by atoms with Crippen LogP contribution in [0.1, 0.15) is 17.9 Å². The van der Waals surface area contributed by atoms with Crippen LogP contribution in [-0.4, -0.2) is 27.1 Å². The van der Waals surface area contributed by atoms with Crippen molar-refractivity contribution in [3.8, 4) is 5.75 Å². The highest BCUT2D eigenvalue weighted by atomic mass is 16.5. The minimum atomic E-state index is -0.205. The highest BCUT2D eigenvalue weighted by molar-refractivity contribution is 5.92. The second kappa shape index (κ2) is 6.33. The second-order valence-electron chi connectivity index (χ2n) is 6.47. The lowest BCUT2D eigenvalue weighted by Crippen LogP contribution is -2.26. The molecule has 0 saturated carbocycles. The molecule has 134 valence electrons. The molecule has 3 aromatic rings. The summed E-state index contributed by atoms with van der Waals surface area (Å²) in [6.07, 6.45) is 1.76. The lowest BCUT2D eigenvalue weighted by Gasteiger charge is -2.10. The van der Waals surface area contributed by atoms with E-state index in [1.165, 1.54) is 0 Å². The molecule has 1 N–H and O–H groups in total. The van der Waals surface area contributed by atoms with E-state index in [2.05, 4.69) is 10.3 Å². The first kappa shape index (κ1) is 16.4. The third-order valence-electron chi connectivity index (χ3n) is 4.73. The number of methoxy groups -OCH3 is 1. The summed E-state index contributed by atoms with van der Waals surface area (Å²) in [5.74, 6) is 1.30. The molecule has 1 aliphatic rings. The zero-order valence-electron chi connectivity index (χ0n) is 14.8. The molecule has 1 amide bonds. The molecule has 0 atom stereocenters. The third kappa shape index (κ3) is 2.75. The Labute approximate surface area is 150 Å². The van der Waals surface area contributed by atoms with E-state index in [0.29, 0.717) is 29.0 Å². The summed E-state index contributed by atoms with van der Waals surface area (Å²) >= 11 is 0. The van der Waals surface area contributed by atoms with E-state index < -0.39 is 0 Å². The fourth-order valence-electron chi connectivity index (χ4n) is 3.48. The number of nitrogens with zero attached hydrogens (tertiary/aromatic N) is 3. The Morgan fingerprint density at radius 1 is 1.35 bits per heavy atom. The zero-order chi connectivity index (χ0) is 18.3.